The van der Waals surface area contributed by atoms with E-state index in [1.165, 1.54) is 0 Å². The van der Waals surface area contributed by atoms with Gasteiger partial charge in [-0.3, -0.25) is 9.59 Å². The van der Waals surface area contributed by atoms with Crippen molar-refractivity contribution in [3.8, 4) is 0 Å². The summed E-state index contributed by atoms with van der Waals surface area (Å²) < 4.78 is 0. The van der Waals surface area contributed by atoms with Gasteiger partial charge in [0.25, 0.3) is 0 Å². The van der Waals surface area contributed by atoms with Crippen LogP contribution in [0.2, 0.25) is 0 Å². The lowest BCUT2D eigenvalue weighted by Crippen LogP contribution is -2.24. The summed E-state index contributed by atoms with van der Waals surface area (Å²) in [4.78, 5) is 24.2. The predicted molar refractivity (Wildman–Crippen MR) is 85.1 cm³/mol. The Kier molecular flexibility index (Phi) is 3.81. The Morgan fingerprint density at radius 2 is 1.22 bits per heavy atom. The van der Waals surface area contributed by atoms with E-state index in [9.17, 15) is 19.8 Å². The number of carbonyl (C=O) groups is 2. The molecule has 0 heterocycles. The molecule has 2 aromatic carbocycles. The minimum Gasteiger partial charge on any atom is -0.504 e. The van der Waals surface area contributed by atoms with Gasteiger partial charge in [-0.15, -0.1) is 0 Å². The maximum atomic E-state index is 12.4. The van der Waals surface area contributed by atoms with Crippen LogP contribution in [-0.2, 0) is 9.59 Å². The zero-order valence-corrected chi connectivity index (χ0v) is 12.1. The lowest BCUT2D eigenvalue weighted by Gasteiger charge is -2.23. The van der Waals surface area contributed by atoms with Crippen molar-refractivity contribution >= 4 is 11.6 Å². The average Bonchev–Trinajstić information content (AvgIpc) is 2.58. The molecule has 0 radical (unpaired) electrons. The van der Waals surface area contributed by atoms with Gasteiger partial charge in [-0.1, -0.05) is 60.7 Å². The summed E-state index contributed by atoms with van der Waals surface area (Å²) in [5.74, 6) is -3.41. The van der Waals surface area contributed by atoms with Gasteiger partial charge in [-0.25, -0.2) is 0 Å². The first-order chi connectivity index (χ1) is 11.1. The maximum absolute atomic E-state index is 12.4. The van der Waals surface area contributed by atoms with Crippen LogP contribution in [0.1, 0.15) is 17.0 Å². The van der Waals surface area contributed by atoms with Gasteiger partial charge >= 0.3 is 0 Å². The molecule has 0 aromatic heterocycles. The average molecular weight is 306 g/mol. The molecule has 4 nitrogen and oxygen atoms in total. The van der Waals surface area contributed by atoms with Gasteiger partial charge in [0.2, 0.25) is 11.6 Å². The van der Waals surface area contributed by atoms with Crippen molar-refractivity contribution in [2.45, 2.75) is 5.92 Å². The predicted octanol–water partition coefficient (Wildman–Crippen LogP) is 3.22. The lowest BCUT2D eigenvalue weighted by atomic mass is 9.80. The minimum atomic E-state index is -0.769. The normalized spacial score (nSPS) is 15.1. The fourth-order valence-electron chi connectivity index (χ4n) is 2.72. The number of carbonyl (C=O) groups excluding carboxylic acids is 2. The van der Waals surface area contributed by atoms with Crippen LogP contribution in [0.15, 0.2) is 83.8 Å². The van der Waals surface area contributed by atoms with Crippen LogP contribution in [-0.4, -0.2) is 21.8 Å². The minimum absolute atomic E-state index is 0.104. The number of hydrogen-bond donors (Lipinski definition) is 2. The Bertz CT molecular complexity index is 777. The Morgan fingerprint density at radius 1 is 0.739 bits per heavy atom. The molecular weight excluding hydrogens is 292 g/mol. The Balaban J connectivity index is 2.23. The highest BCUT2D eigenvalue weighted by molar-refractivity contribution is 6.21. The summed E-state index contributed by atoms with van der Waals surface area (Å²) in [6, 6.07) is 18.2. The molecule has 114 valence electrons. The second-order valence-corrected chi connectivity index (χ2v) is 5.24. The van der Waals surface area contributed by atoms with Gasteiger partial charge in [0.05, 0.1) is 5.57 Å². The second-order valence-electron chi connectivity index (χ2n) is 5.24. The highest BCUT2D eigenvalue weighted by Gasteiger charge is 2.35. The van der Waals surface area contributed by atoms with E-state index in [0.29, 0.717) is 0 Å². The molecule has 2 N–H and O–H groups in total. The Hall–Kier alpha value is -3.14. The molecule has 23 heavy (non-hydrogen) atoms. The fraction of sp³-hybridized carbons (Fsp3) is 0.0526. The number of aliphatic hydroxyl groups is 2. The molecule has 0 amide bonds. The Labute approximate surface area is 133 Å². The number of hydrogen-bond acceptors (Lipinski definition) is 4. The largest absolute Gasteiger partial charge is 0.504 e. The second kappa shape index (κ2) is 5.93. The molecule has 0 bridgehead atoms. The van der Waals surface area contributed by atoms with Crippen molar-refractivity contribution in [1.82, 2.24) is 0 Å². The third-order valence-corrected chi connectivity index (χ3v) is 3.79. The van der Waals surface area contributed by atoms with Gasteiger partial charge in [0.15, 0.2) is 11.5 Å². The first-order valence-corrected chi connectivity index (χ1v) is 7.12. The third-order valence-electron chi connectivity index (χ3n) is 3.79. The molecule has 0 atom stereocenters. The molecule has 0 spiro atoms. The molecule has 4 heteroatoms. The molecule has 2 aromatic rings. The number of ketones is 2. The molecule has 0 aliphatic heterocycles. The molecule has 1 aliphatic rings. The van der Waals surface area contributed by atoms with Crippen molar-refractivity contribution in [1.29, 1.82) is 0 Å². The van der Waals surface area contributed by atoms with E-state index in [-0.39, 0.29) is 5.57 Å². The van der Waals surface area contributed by atoms with E-state index >= 15 is 0 Å². The van der Waals surface area contributed by atoms with E-state index in [0.717, 1.165) is 17.2 Å². The quantitative estimate of drug-likeness (QED) is 0.854. The topological polar surface area (TPSA) is 74.6 Å². The SMILES string of the molecule is O=C1C=C(O)C(=O)C(C(c2ccccc2)c2ccccc2)=C1O. The molecule has 0 unspecified atom stereocenters. The summed E-state index contributed by atoms with van der Waals surface area (Å²) in [5, 5.41) is 19.9. The highest BCUT2D eigenvalue weighted by atomic mass is 16.3. The van der Waals surface area contributed by atoms with Crippen LogP contribution in [0.4, 0.5) is 0 Å². The van der Waals surface area contributed by atoms with Gasteiger partial charge in [0.1, 0.15) is 0 Å². The van der Waals surface area contributed by atoms with E-state index < -0.39 is 29.0 Å². The molecule has 0 saturated carbocycles. The first kappa shape index (κ1) is 14.8. The monoisotopic (exact) mass is 306 g/mol. The molecular formula is C19H14O4. The van der Waals surface area contributed by atoms with E-state index in [4.69, 9.17) is 0 Å². The van der Waals surface area contributed by atoms with E-state index in [2.05, 4.69) is 0 Å². The van der Waals surface area contributed by atoms with Gasteiger partial charge < -0.3 is 10.2 Å². The van der Waals surface area contributed by atoms with Crippen molar-refractivity contribution in [2.75, 3.05) is 0 Å². The van der Waals surface area contributed by atoms with Crippen LogP contribution in [0.5, 0.6) is 0 Å². The number of aliphatic hydroxyl groups excluding tert-OH is 2. The van der Waals surface area contributed by atoms with Gasteiger partial charge in [-0.2, -0.15) is 0 Å². The Morgan fingerprint density at radius 3 is 1.70 bits per heavy atom. The van der Waals surface area contributed by atoms with E-state index in [1.54, 1.807) is 0 Å². The fourth-order valence-corrected chi connectivity index (χ4v) is 2.72. The van der Waals surface area contributed by atoms with Crippen molar-refractivity contribution in [2.24, 2.45) is 0 Å². The maximum Gasteiger partial charge on any atom is 0.228 e. The summed E-state index contributed by atoms with van der Waals surface area (Å²) >= 11 is 0. The molecule has 0 saturated heterocycles. The van der Waals surface area contributed by atoms with Crippen molar-refractivity contribution in [3.63, 3.8) is 0 Å². The summed E-state index contributed by atoms with van der Waals surface area (Å²) in [5.41, 5.74) is 1.39. The summed E-state index contributed by atoms with van der Waals surface area (Å²) in [6.45, 7) is 0. The van der Waals surface area contributed by atoms with Gasteiger partial charge in [-0.05, 0) is 11.1 Å². The summed E-state index contributed by atoms with van der Waals surface area (Å²) in [7, 11) is 0. The highest BCUT2D eigenvalue weighted by Crippen LogP contribution is 2.36. The standard InChI is InChI=1S/C19H14O4/c20-14-11-15(21)19(23)17(18(14)22)16(12-7-3-1-4-8-12)13-9-5-2-6-10-13/h1-11,16,20,23H. The number of allylic oxidation sites excluding steroid dienone is 2. The smallest absolute Gasteiger partial charge is 0.228 e. The third kappa shape index (κ3) is 2.66. The number of benzene rings is 2. The zero-order chi connectivity index (χ0) is 16.4. The number of rotatable bonds is 3. The van der Waals surface area contributed by atoms with Crippen LogP contribution >= 0.6 is 0 Å². The van der Waals surface area contributed by atoms with Gasteiger partial charge in [0, 0.05) is 12.0 Å². The molecule has 1 aliphatic carbocycles. The molecule has 0 fully saturated rings. The van der Waals surface area contributed by atoms with Crippen LogP contribution in [0.3, 0.4) is 0 Å². The lowest BCUT2D eigenvalue weighted by molar-refractivity contribution is -0.119. The van der Waals surface area contributed by atoms with E-state index in [1.807, 2.05) is 60.7 Å². The van der Waals surface area contributed by atoms with Crippen LogP contribution in [0, 0.1) is 0 Å². The first-order valence-electron chi connectivity index (χ1n) is 7.12. The van der Waals surface area contributed by atoms with Crippen molar-refractivity contribution in [3.05, 3.63) is 95.0 Å². The van der Waals surface area contributed by atoms with Crippen LogP contribution < -0.4 is 0 Å². The number of Topliss-reactive ketones (excluding diaryl/α,β-unsaturated/α-hetero) is 1. The van der Waals surface area contributed by atoms with Crippen LogP contribution in [0.25, 0.3) is 0 Å². The van der Waals surface area contributed by atoms with Crippen molar-refractivity contribution < 1.29 is 19.8 Å². The summed E-state index contributed by atoms with van der Waals surface area (Å²) in [6.07, 6.45) is 0.744. The zero-order valence-electron chi connectivity index (χ0n) is 12.1. The molecule has 3 rings (SSSR count).